The fourth-order valence-electron chi connectivity index (χ4n) is 2.55. The molecule has 5 atom stereocenters. The van der Waals surface area contributed by atoms with Crippen molar-refractivity contribution in [3.63, 3.8) is 0 Å². The van der Waals surface area contributed by atoms with Gasteiger partial charge in [0.2, 0.25) is 0 Å². The molecule has 1 aromatic carbocycles. The van der Waals surface area contributed by atoms with E-state index < -0.39 is 35.3 Å². The summed E-state index contributed by atoms with van der Waals surface area (Å²) in [6.07, 6.45) is -2.28. The monoisotopic (exact) mass is 370 g/mol. The van der Waals surface area contributed by atoms with Crippen molar-refractivity contribution in [3.05, 3.63) is 35.9 Å². The minimum atomic E-state index is -0.698. The molecule has 0 N–H and O–H groups in total. The van der Waals surface area contributed by atoms with Crippen LogP contribution >= 0.6 is 15.9 Å². The van der Waals surface area contributed by atoms with Crippen LogP contribution in [0.4, 0.5) is 0 Å². The molecule has 0 aromatic heterocycles. The number of alkyl halides is 1. The molecule has 2 bridgehead atoms. The Bertz CT molecular complexity index is 562. The molecule has 0 unspecified atom stereocenters. The van der Waals surface area contributed by atoms with Crippen molar-refractivity contribution in [1.82, 2.24) is 0 Å². The van der Waals surface area contributed by atoms with E-state index in [0.717, 1.165) is 0 Å². The van der Waals surface area contributed by atoms with Gasteiger partial charge in [-0.05, 0) is 12.1 Å². The number of esters is 2. The van der Waals surface area contributed by atoms with E-state index in [1.807, 2.05) is 6.07 Å². The summed E-state index contributed by atoms with van der Waals surface area (Å²) < 4.78 is 21.9. The van der Waals surface area contributed by atoms with Gasteiger partial charge in [0, 0.05) is 6.92 Å². The molecule has 0 aliphatic carbocycles. The van der Waals surface area contributed by atoms with E-state index in [-0.39, 0.29) is 6.10 Å². The number of benzene rings is 1. The van der Waals surface area contributed by atoms with Gasteiger partial charge in [-0.3, -0.25) is 4.79 Å². The molecule has 2 aliphatic heterocycles. The van der Waals surface area contributed by atoms with Gasteiger partial charge < -0.3 is 18.9 Å². The number of ether oxygens (including phenoxy) is 4. The van der Waals surface area contributed by atoms with Crippen molar-refractivity contribution in [2.45, 2.75) is 36.4 Å². The first-order valence-corrected chi connectivity index (χ1v) is 7.82. The maximum Gasteiger partial charge on any atom is 0.338 e. The number of fused-ring (bicyclic) bond motifs is 2. The Labute approximate surface area is 135 Å². The smallest absolute Gasteiger partial charge is 0.338 e. The number of carbonyl (C=O) groups excluding carboxylic acids is 2. The summed E-state index contributed by atoms with van der Waals surface area (Å²) in [7, 11) is 0. The quantitative estimate of drug-likeness (QED) is 0.595. The zero-order valence-corrected chi connectivity index (χ0v) is 13.4. The van der Waals surface area contributed by atoms with E-state index in [0.29, 0.717) is 12.2 Å². The van der Waals surface area contributed by atoms with Crippen molar-refractivity contribution < 1.29 is 28.5 Å². The lowest BCUT2D eigenvalue weighted by atomic mass is 10.0. The molecule has 0 radical (unpaired) electrons. The number of halogens is 1. The van der Waals surface area contributed by atoms with Crippen LogP contribution in [0.3, 0.4) is 0 Å². The molecule has 22 heavy (non-hydrogen) atoms. The topological polar surface area (TPSA) is 71.1 Å². The normalized spacial score (nSPS) is 33.3. The highest BCUT2D eigenvalue weighted by Crippen LogP contribution is 2.36. The Balaban J connectivity index is 1.74. The molecule has 0 saturated carbocycles. The van der Waals surface area contributed by atoms with Gasteiger partial charge in [0.15, 0.2) is 12.4 Å². The fourth-order valence-corrected chi connectivity index (χ4v) is 3.35. The standard InChI is InChI=1S/C15H15BrO6/c1-8(17)20-12-10-7-19-15(21-10)13(11(12)16)22-14(18)9-5-3-2-4-6-9/h2-6,10-13,15H,7H2,1H3/t10-,11+,12-,13-,15+/m0/s1. The lowest BCUT2D eigenvalue weighted by molar-refractivity contribution is -0.191. The van der Waals surface area contributed by atoms with E-state index in [2.05, 4.69) is 15.9 Å². The average Bonchev–Trinajstić information content (AvgIpc) is 2.95. The second-order valence-electron chi connectivity index (χ2n) is 5.13. The average molecular weight is 371 g/mol. The molecule has 3 rings (SSSR count). The van der Waals surface area contributed by atoms with Gasteiger partial charge in [-0.25, -0.2) is 4.79 Å². The molecular formula is C15H15BrO6. The second kappa shape index (κ2) is 6.36. The van der Waals surface area contributed by atoms with Crippen LogP contribution in [0, 0.1) is 0 Å². The van der Waals surface area contributed by atoms with E-state index in [4.69, 9.17) is 18.9 Å². The molecule has 2 aliphatic rings. The largest absolute Gasteiger partial charge is 0.458 e. The zero-order chi connectivity index (χ0) is 15.7. The predicted octanol–water partition coefficient (Wildman–Crippen LogP) is 1.66. The lowest BCUT2D eigenvalue weighted by Crippen LogP contribution is -2.54. The van der Waals surface area contributed by atoms with E-state index in [1.165, 1.54) is 6.92 Å². The summed E-state index contributed by atoms with van der Waals surface area (Å²) in [4.78, 5) is 23.0. The molecule has 2 heterocycles. The molecule has 2 saturated heterocycles. The number of hydrogen-bond donors (Lipinski definition) is 0. The predicted molar refractivity (Wildman–Crippen MR) is 78.5 cm³/mol. The molecular weight excluding hydrogens is 356 g/mol. The van der Waals surface area contributed by atoms with Crippen LogP contribution in [0.15, 0.2) is 30.3 Å². The molecule has 0 amide bonds. The Morgan fingerprint density at radius 2 is 1.91 bits per heavy atom. The molecule has 2 fully saturated rings. The first-order valence-electron chi connectivity index (χ1n) is 6.90. The van der Waals surface area contributed by atoms with Crippen LogP contribution in [0.5, 0.6) is 0 Å². The molecule has 6 nitrogen and oxygen atoms in total. The van der Waals surface area contributed by atoms with Crippen molar-refractivity contribution in [3.8, 4) is 0 Å². The summed E-state index contributed by atoms with van der Waals surface area (Å²) in [5.41, 5.74) is 0.436. The Morgan fingerprint density at radius 1 is 1.18 bits per heavy atom. The summed E-state index contributed by atoms with van der Waals surface area (Å²) in [5.74, 6) is -0.897. The third kappa shape index (κ3) is 3.02. The summed E-state index contributed by atoms with van der Waals surface area (Å²) >= 11 is 3.46. The number of rotatable bonds is 3. The van der Waals surface area contributed by atoms with Crippen LogP contribution in [-0.4, -0.2) is 48.0 Å². The van der Waals surface area contributed by atoms with Crippen molar-refractivity contribution in [2.24, 2.45) is 0 Å². The van der Waals surface area contributed by atoms with Crippen molar-refractivity contribution >= 4 is 27.9 Å². The van der Waals surface area contributed by atoms with E-state index in [1.54, 1.807) is 24.3 Å². The maximum absolute atomic E-state index is 12.2. The maximum atomic E-state index is 12.2. The summed E-state index contributed by atoms with van der Waals surface area (Å²) in [6.45, 7) is 1.62. The lowest BCUT2D eigenvalue weighted by Gasteiger charge is -2.36. The van der Waals surface area contributed by atoms with Crippen molar-refractivity contribution in [1.29, 1.82) is 0 Å². The highest BCUT2D eigenvalue weighted by molar-refractivity contribution is 9.09. The first-order chi connectivity index (χ1) is 10.6. The van der Waals surface area contributed by atoms with Gasteiger partial charge in [0.1, 0.15) is 12.2 Å². The van der Waals surface area contributed by atoms with Crippen molar-refractivity contribution in [2.75, 3.05) is 6.61 Å². The first kappa shape index (κ1) is 15.5. The van der Waals surface area contributed by atoms with Gasteiger partial charge in [0.25, 0.3) is 0 Å². The SMILES string of the molecule is CC(=O)O[C@@H]1[C@@H](Br)[C@H](OC(=O)c2ccccc2)[C@@H]2OC[C@@H]1O2. The summed E-state index contributed by atoms with van der Waals surface area (Å²) in [6, 6.07) is 8.65. The van der Waals surface area contributed by atoms with Gasteiger partial charge in [-0.15, -0.1) is 0 Å². The molecule has 1 aromatic rings. The number of carbonyl (C=O) groups is 2. The molecule has 0 spiro atoms. The highest BCUT2D eigenvalue weighted by Gasteiger charge is 2.53. The fraction of sp³-hybridized carbons (Fsp3) is 0.467. The Hall–Kier alpha value is -1.44. The van der Waals surface area contributed by atoms with Gasteiger partial charge >= 0.3 is 11.9 Å². The third-order valence-electron chi connectivity index (χ3n) is 3.55. The minimum Gasteiger partial charge on any atom is -0.458 e. The number of hydrogen-bond acceptors (Lipinski definition) is 6. The van der Waals surface area contributed by atoms with Gasteiger partial charge in [-0.2, -0.15) is 0 Å². The highest BCUT2D eigenvalue weighted by atomic mass is 79.9. The van der Waals surface area contributed by atoms with Crippen LogP contribution in [0.1, 0.15) is 17.3 Å². The van der Waals surface area contributed by atoms with Crippen LogP contribution < -0.4 is 0 Å². The minimum absolute atomic E-state index is 0.296. The van der Waals surface area contributed by atoms with Gasteiger partial charge in [-0.1, -0.05) is 34.1 Å². The Kier molecular flexibility index (Phi) is 4.46. The van der Waals surface area contributed by atoms with E-state index in [9.17, 15) is 9.59 Å². The Morgan fingerprint density at radius 3 is 2.59 bits per heavy atom. The third-order valence-corrected chi connectivity index (χ3v) is 4.59. The molecule has 7 heteroatoms. The molecule has 118 valence electrons. The van der Waals surface area contributed by atoms with E-state index >= 15 is 0 Å². The summed E-state index contributed by atoms with van der Waals surface area (Å²) in [5, 5.41) is 0. The van der Waals surface area contributed by atoms with Gasteiger partial charge in [0.05, 0.1) is 17.0 Å². The second-order valence-corrected chi connectivity index (χ2v) is 6.19. The zero-order valence-electron chi connectivity index (χ0n) is 11.8. The van der Waals surface area contributed by atoms with Crippen LogP contribution in [0.25, 0.3) is 0 Å². The van der Waals surface area contributed by atoms with Crippen LogP contribution in [-0.2, 0) is 23.7 Å². The van der Waals surface area contributed by atoms with Crippen LogP contribution in [0.2, 0.25) is 0 Å².